The van der Waals surface area contributed by atoms with Crippen LogP contribution in [0.4, 0.5) is 0 Å². The molecule has 1 saturated heterocycles. The van der Waals surface area contributed by atoms with Gasteiger partial charge in [-0.25, -0.2) is 0 Å². The maximum absolute atomic E-state index is 11.6. The van der Waals surface area contributed by atoms with Crippen LogP contribution < -0.4 is 10.6 Å². The molecule has 1 aliphatic rings. The van der Waals surface area contributed by atoms with Crippen molar-refractivity contribution in [2.75, 3.05) is 26.3 Å². The molecule has 0 aliphatic carbocycles. The summed E-state index contributed by atoms with van der Waals surface area (Å²) in [5.74, 6) is -0.423. The van der Waals surface area contributed by atoms with Gasteiger partial charge in [0.25, 0.3) is 5.91 Å². The Balaban J connectivity index is 2.33. The van der Waals surface area contributed by atoms with Crippen molar-refractivity contribution in [3.05, 3.63) is 11.8 Å². The quantitative estimate of drug-likeness (QED) is 0.323. The molecule has 1 aliphatic heterocycles. The van der Waals surface area contributed by atoms with Crippen molar-refractivity contribution in [2.45, 2.75) is 18.9 Å². The van der Waals surface area contributed by atoms with Gasteiger partial charge in [0.2, 0.25) is 0 Å². The zero-order valence-electron chi connectivity index (χ0n) is 9.61. The van der Waals surface area contributed by atoms with Crippen LogP contribution >= 0.6 is 0 Å². The van der Waals surface area contributed by atoms with E-state index in [2.05, 4.69) is 10.6 Å². The molecule has 0 saturated carbocycles. The van der Waals surface area contributed by atoms with E-state index in [1.54, 1.807) is 6.07 Å². The van der Waals surface area contributed by atoms with Gasteiger partial charge >= 0.3 is 0 Å². The molecule has 0 aromatic carbocycles. The highest BCUT2D eigenvalue weighted by Crippen LogP contribution is 2.10. The Labute approximate surface area is 100 Å². The van der Waals surface area contributed by atoms with Crippen molar-refractivity contribution in [3.63, 3.8) is 0 Å². The Bertz CT molecular complexity index is 316. The van der Waals surface area contributed by atoms with Crippen LogP contribution in [0.3, 0.4) is 0 Å². The van der Waals surface area contributed by atoms with E-state index in [9.17, 15) is 4.79 Å². The molecule has 0 radical (unpaired) electrons. The zero-order chi connectivity index (χ0) is 12.5. The molecule has 1 amide bonds. The van der Waals surface area contributed by atoms with E-state index >= 15 is 0 Å². The second-order valence-corrected chi connectivity index (χ2v) is 3.69. The average Bonchev–Trinajstić information content (AvgIpc) is 2.85. The first-order chi connectivity index (χ1) is 8.27. The number of carbonyl (C=O) groups is 1. The fourth-order valence-corrected chi connectivity index (χ4v) is 1.49. The lowest BCUT2D eigenvalue weighted by Crippen LogP contribution is -2.33. The highest BCUT2D eigenvalue weighted by Gasteiger charge is 2.17. The highest BCUT2D eigenvalue weighted by atomic mass is 16.5. The van der Waals surface area contributed by atoms with Gasteiger partial charge in [-0.2, -0.15) is 5.26 Å². The second kappa shape index (κ2) is 7.65. The Hall–Kier alpha value is -1.58. The van der Waals surface area contributed by atoms with Crippen molar-refractivity contribution in [2.24, 2.45) is 0 Å². The Morgan fingerprint density at radius 2 is 2.47 bits per heavy atom. The number of hydrogen-bond acceptors (Lipinski definition) is 5. The summed E-state index contributed by atoms with van der Waals surface area (Å²) in [6.07, 6.45) is 3.32. The van der Waals surface area contributed by atoms with Crippen LogP contribution in [-0.4, -0.2) is 43.4 Å². The molecule has 1 atom stereocenters. The molecule has 0 spiro atoms. The van der Waals surface area contributed by atoms with Gasteiger partial charge in [-0.05, 0) is 12.8 Å². The van der Waals surface area contributed by atoms with Gasteiger partial charge in [-0.15, -0.1) is 0 Å². The summed E-state index contributed by atoms with van der Waals surface area (Å²) in [5, 5.41) is 22.6. The van der Waals surface area contributed by atoms with Crippen LogP contribution in [0.2, 0.25) is 0 Å². The Morgan fingerprint density at radius 3 is 3.06 bits per heavy atom. The van der Waals surface area contributed by atoms with Gasteiger partial charge in [-0.1, -0.05) is 0 Å². The zero-order valence-corrected chi connectivity index (χ0v) is 9.61. The third-order valence-electron chi connectivity index (χ3n) is 2.38. The minimum absolute atomic E-state index is 0.00329. The maximum Gasteiger partial charge on any atom is 0.263 e. The normalized spacial score (nSPS) is 19.8. The average molecular weight is 239 g/mol. The van der Waals surface area contributed by atoms with E-state index in [-0.39, 0.29) is 18.3 Å². The monoisotopic (exact) mass is 239 g/mol. The van der Waals surface area contributed by atoms with E-state index < -0.39 is 5.91 Å². The molecule has 94 valence electrons. The van der Waals surface area contributed by atoms with Gasteiger partial charge in [0, 0.05) is 25.9 Å². The van der Waals surface area contributed by atoms with Gasteiger partial charge in [-0.3, -0.25) is 4.79 Å². The predicted molar refractivity (Wildman–Crippen MR) is 60.8 cm³/mol. The van der Waals surface area contributed by atoms with E-state index in [1.807, 2.05) is 0 Å². The molecule has 3 N–H and O–H groups in total. The lowest BCUT2D eigenvalue weighted by Gasteiger charge is -2.10. The van der Waals surface area contributed by atoms with Crippen LogP contribution in [0, 0.1) is 11.3 Å². The van der Waals surface area contributed by atoms with Crippen molar-refractivity contribution in [1.29, 1.82) is 5.26 Å². The lowest BCUT2D eigenvalue weighted by molar-refractivity contribution is -0.117. The molecule has 1 unspecified atom stereocenters. The first kappa shape index (κ1) is 13.5. The number of carbonyl (C=O) groups excluding carboxylic acids is 1. The fourth-order valence-electron chi connectivity index (χ4n) is 1.49. The SMILES string of the molecule is N#C/C(=C/NCCO)C(=O)NCC1CCCO1. The molecule has 1 rings (SSSR count). The first-order valence-electron chi connectivity index (χ1n) is 5.62. The summed E-state index contributed by atoms with van der Waals surface area (Å²) < 4.78 is 5.35. The summed E-state index contributed by atoms with van der Waals surface area (Å²) in [6, 6.07) is 1.80. The first-order valence-corrected chi connectivity index (χ1v) is 5.62. The number of nitriles is 1. The number of nitrogens with one attached hydrogen (secondary N) is 2. The van der Waals surface area contributed by atoms with Crippen LogP contribution in [-0.2, 0) is 9.53 Å². The van der Waals surface area contributed by atoms with Gasteiger partial charge in [0.05, 0.1) is 12.7 Å². The minimum atomic E-state index is -0.423. The summed E-state index contributed by atoms with van der Waals surface area (Å²) in [5.41, 5.74) is -0.00329. The van der Waals surface area contributed by atoms with E-state index in [0.29, 0.717) is 13.1 Å². The highest BCUT2D eigenvalue weighted by molar-refractivity contribution is 5.97. The Kier molecular flexibility index (Phi) is 6.07. The number of ether oxygens (including phenoxy) is 1. The maximum atomic E-state index is 11.6. The number of rotatable bonds is 6. The van der Waals surface area contributed by atoms with E-state index in [0.717, 1.165) is 19.4 Å². The molecule has 1 heterocycles. The minimum Gasteiger partial charge on any atom is -0.395 e. The van der Waals surface area contributed by atoms with Gasteiger partial charge in [0.15, 0.2) is 0 Å². The molecular formula is C11H17N3O3. The van der Waals surface area contributed by atoms with Crippen molar-refractivity contribution in [3.8, 4) is 6.07 Å². The molecule has 6 heteroatoms. The molecule has 0 aromatic heterocycles. The third kappa shape index (κ3) is 4.85. The smallest absolute Gasteiger partial charge is 0.263 e. The summed E-state index contributed by atoms with van der Waals surface area (Å²) in [4.78, 5) is 11.6. The molecule has 0 aromatic rings. The number of nitrogens with zero attached hydrogens (tertiary/aromatic N) is 1. The van der Waals surface area contributed by atoms with Gasteiger partial charge in [0.1, 0.15) is 11.6 Å². The van der Waals surface area contributed by atoms with Crippen LogP contribution in [0.5, 0.6) is 0 Å². The van der Waals surface area contributed by atoms with Crippen LogP contribution in [0.1, 0.15) is 12.8 Å². The molecular weight excluding hydrogens is 222 g/mol. The second-order valence-electron chi connectivity index (χ2n) is 3.69. The topological polar surface area (TPSA) is 94.4 Å². The molecule has 17 heavy (non-hydrogen) atoms. The van der Waals surface area contributed by atoms with E-state index in [4.69, 9.17) is 15.1 Å². The van der Waals surface area contributed by atoms with Crippen LogP contribution in [0.15, 0.2) is 11.8 Å². The molecule has 0 bridgehead atoms. The lowest BCUT2D eigenvalue weighted by atomic mass is 10.2. The summed E-state index contributed by atoms with van der Waals surface area (Å²) >= 11 is 0. The molecule has 1 fully saturated rings. The van der Waals surface area contributed by atoms with Crippen LogP contribution in [0.25, 0.3) is 0 Å². The van der Waals surface area contributed by atoms with Crippen molar-refractivity contribution >= 4 is 5.91 Å². The van der Waals surface area contributed by atoms with Gasteiger partial charge < -0.3 is 20.5 Å². The predicted octanol–water partition coefficient (Wildman–Crippen LogP) is -0.729. The number of hydrogen-bond donors (Lipinski definition) is 3. The van der Waals surface area contributed by atoms with Crippen molar-refractivity contribution < 1.29 is 14.6 Å². The Morgan fingerprint density at radius 1 is 1.65 bits per heavy atom. The standard InChI is InChI=1S/C11H17N3O3/c12-6-9(7-13-3-4-15)11(16)14-8-10-2-1-5-17-10/h7,10,13,15H,1-5,8H2,(H,14,16)/b9-7-. The third-order valence-corrected chi connectivity index (χ3v) is 2.38. The van der Waals surface area contributed by atoms with Crippen molar-refractivity contribution in [1.82, 2.24) is 10.6 Å². The molecule has 6 nitrogen and oxygen atoms in total. The largest absolute Gasteiger partial charge is 0.395 e. The summed E-state index contributed by atoms with van der Waals surface area (Å²) in [7, 11) is 0. The number of aliphatic hydroxyl groups excluding tert-OH is 1. The van der Waals surface area contributed by atoms with E-state index in [1.165, 1.54) is 6.20 Å². The fraction of sp³-hybridized carbons (Fsp3) is 0.636. The number of aliphatic hydroxyl groups is 1. The number of amides is 1. The summed E-state index contributed by atoms with van der Waals surface area (Å²) in [6.45, 7) is 1.42.